The molecule has 0 saturated heterocycles. The third kappa shape index (κ3) is 4.30. The van der Waals surface area contributed by atoms with E-state index in [1.54, 1.807) is 55.1 Å². The molecule has 8 heteroatoms. The van der Waals surface area contributed by atoms with Gasteiger partial charge in [-0.1, -0.05) is 34.1 Å². The smallest absolute Gasteiger partial charge is 0.266 e. The second-order valence-corrected chi connectivity index (χ2v) is 8.55. The van der Waals surface area contributed by atoms with Gasteiger partial charge in [0, 0.05) is 4.47 Å². The SMILES string of the molecule is COc1ccc(-c2c(NC(=O)c3cccs3)n(-c3ccc(Br)cc3)nc(C)c2=O)cc1. The van der Waals surface area contributed by atoms with Crippen LogP contribution in [0.2, 0.25) is 0 Å². The number of carbonyl (C=O) groups is 1. The van der Waals surface area contributed by atoms with Crippen LogP contribution in [0.4, 0.5) is 5.82 Å². The number of aryl methyl sites for hydroxylation is 1. The monoisotopic (exact) mass is 495 g/mol. The van der Waals surface area contributed by atoms with E-state index in [2.05, 4.69) is 26.3 Å². The minimum absolute atomic E-state index is 0.250. The summed E-state index contributed by atoms with van der Waals surface area (Å²) in [6, 6.07) is 18.2. The van der Waals surface area contributed by atoms with Crippen LogP contribution in [0, 0.1) is 6.92 Å². The molecule has 0 spiro atoms. The summed E-state index contributed by atoms with van der Waals surface area (Å²) < 4.78 is 7.74. The first-order valence-electron chi connectivity index (χ1n) is 9.37. The van der Waals surface area contributed by atoms with Gasteiger partial charge in [0.15, 0.2) is 0 Å². The number of aromatic nitrogens is 2. The number of amides is 1. The molecule has 1 amide bonds. The average Bonchev–Trinajstić information content (AvgIpc) is 3.32. The molecule has 2 heterocycles. The molecule has 4 aromatic rings. The Morgan fingerprint density at radius 1 is 1.10 bits per heavy atom. The van der Waals surface area contributed by atoms with Crippen molar-refractivity contribution in [3.05, 3.63) is 91.3 Å². The lowest BCUT2D eigenvalue weighted by Crippen LogP contribution is -2.24. The average molecular weight is 496 g/mol. The van der Waals surface area contributed by atoms with Gasteiger partial charge < -0.3 is 10.1 Å². The minimum Gasteiger partial charge on any atom is -0.497 e. The normalized spacial score (nSPS) is 10.7. The van der Waals surface area contributed by atoms with E-state index in [1.165, 1.54) is 11.3 Å². The fourth-order valence-electron chi connectivity index (χ4n) is 3.13. The molecule has 0 aliphatic carbocycles. The number of halogens is 1. The molecular formula is C23H18BrN3O3S. The lowest BCUT2D eigenvalue weighted by molar-refractivity contribution is 0.102. The molecule has 2 aromatic heterocycles. The number of anilines is 1. The molecule has 0 aliphatic heterocycles. The zero-order valence-corrected chi connectivity index (χ0v) is 19.2. The van der Waals surface area contributed by atoms with Crippen molar-refractivity contribution in [3.8, 4) is 22.6 Å². The van der Waals surface area contributed by atoms with Crippen LogP contribution < -0.4 is 15.5 Å². The van der Waals surface area contributed by atoms with Gasteiger partial charge in [-0.2, -0.15) is 5.10 Å². The molecule has 0 saturated carbocycles. The highest BCUT2D eigenvalue weighted by Crippen LogP contribution is 2.29. The van der Waals surface area contributed by atoms with Gasteiger partial charge >= 0.3 is 0 Å². The summed E-state index contributed by atoms with van der Waals surface area (Å²) in [4.78, 5) is 26.6. The molecule has 0 atom stereocenters. The van der Waals surface area contributed by atoms with Crippen molar-refractivity contribution in [2.75, 3.05) is 12.4 Å². The molecule has 6 nitrogen and oxygen atoms in total. The van der Waals surface area contributed by atoms with Gasteiger partial charge in [0.2, 0.25) is 5.43 Å². The van der Waals surface area contributed by atoms with Crippen molar-refractivity contribution < 1.29 is 9.53 Å². The summed E-state index contributed by atoms with van der Waals surface area (Å²) in [5.74, 6) is 0.675. The number of carbonyl (C=O) groups excluding carboxylic acids is 1. The van der Waals surface area contributed by atoms with E-state index in [0.717, 1.165) is 4.47 Å². The van der Waals surface area contributed by atoms with E-state index in [9.17, 15) is 9.59 Å². The van der Waals surface area contributed by atoms with Crippen LogP contribution in [0.1, 0.15) is 15.4 Å². The summed E-state index contributed by atoms with van der Waals surface area (Å²) in [5, 5.41) is 9.23. The van der Waals surface area contributed by atoms with Gasteiger partial charge in [0.05, 0.1) is 23.2 Å². The number of methoxy groups -OCH3 is 1. The van der Waals surface area contributed by atoms with E-state index in [4.69, 9.17) is 4.74 Å². The summed E-state index contributed by atoms with van der Waals surface area (Å²) in [6.45, 7) is 1.66. The lowest BCUT2D eigenvalue weighted by Gasteiger charge is -2.18. The molecular weight excluding hydrogens is 478 g/mol. The Hall–Kier alpha value is -3.23. The Morgan fingerprint density at radius 2 is 1.81 bits per heavy atom. The summed E-state index contributed by atoms with van der Waals surface area (Å²) >= 11 is 4.76. The predicted octanol–water partition coefficient (Wildman–Crippen LogP) is 5.29. The quantitative estimate of drug-likeness (QED) is 0.408. The maximum Gasteiger partial charge on any atom is 0.266 e. The number of rotatable bonds is 5. The molecule has 0 fully saturated rings. The minimum atomic E-state index is -0.305. The van der Waals surface area contributed by atoms with Crippen molar-refractivity contribution in [2.24, 2.45) is 0 Å². The third-order valence-corrected chi connectivity index (χ3v) is 6.08. The van der Waals surface area contributed by atoms with Gasteiger partial charge in [0.25, 0.3) is 5.91 Å². The summed E-state index contributed by atoms with van der Waals surface area (Å²) in [6.07, 6.45) is 0. The highest BCUT2D eigenvalue weighted by atomic mass is 79.9. The van der Waals surface area contributed by atoms with Crippen LogP contribution in [0.25, 0.3) is 16.8 Å². The molecule has 0 radical (unpaired) electrons. The van der Waals surface area contributed by atoms with Gasteiger partial charge in [0.1, 0.15) is 17.3 Å². The first-order chi connectivity index (χ1) is 15.0. The zero-order valence-electron chi connectivity index (χ0n) is 16.8. The second kappa shape index (κ2) is 8.87. The van der Waals surface area contributed by atoms with E-state index in [-0.39, 0.29) is 11.3 Å². The maximum atomic E-state index is 13.2. The van der Waals surface area contributed by atoms with Crippen LogP contribution in [0.5, 0.6) is 5.75 Å². The maximum absolute atomic E-state index is 13.2. The summed E-state index contributed by atoms with van der Waals surface area (Å²) in [5.41, 5.74) is 1.80. The highest BCUT2D eigenvalue weighted by molar-refractivity contribution is 9.10. The van der Waals surface area contributed by atoms with Gasteiger partial charge in [-0.05, 0) is 60.3 Å². The van der Waals surface area contributed by atoms with Crippen molar-refractivity contribution in [2.45, 2.75) is 6.92 Å². The zero-order chi connectivity index (χ0) is 22.0. The number of hydrogen-bond acceptors (Lipinski definition) is 5. The van der Waals surface area contributed by atoms with Crippen LogP contribution in [-0.2, 0) is 0 Å². The molecule has 0 bridgehead atoms. The lowest BCUT2D eigenvalue weighted by atomic mass is 10.0. The molecule has 31 heavy (non-hydrogen) atoms. The molecule has 1 N–H and O–H groups in total. The predicted molar refractivity (Wildman–Crippen MR) is 127 cm³/mol. The molecule has 0 unspecified atom stereocenters. The Kier molecular flexibility index (Phi) is 6.01. The van der Waals surface area contributed by atoms with Crippen LogP contribution in [-0.4, -0.2) is 22.8 Å². The first-order valence-corrected chi connectivity index (χ1v) is 11.0. The number of nitrogens with one attached hydrogen (secondary N) is 1. The Balaban J connectivity index is 1.95. The summed E-state index contributed by atoms with van der Waals surface area (Å²) in [7, 11) is 1.58. The van der Waals surface area contributed by atoms with Crippen molar-refractivity contribution in [3.63, 3.8) is 0 Å². The molecule has 4 rings (SSSR count). The van der Waals surface area contributed by atoms with Crippen molar-refractivity contribution in [1.82, 2.24) is 9.78 Å². The highest BCUT2D eigenvalue weighted by Gasteiger charge is 2.21. The molecule has 2 aromatic carbocycles. The number of hydrogen-bond donors (Lipinski definition) is 1. The Morgan fingerprint density at radius 3 is 2.42 bits per heavy atom. The number of benzene rings is 2. The van der Waals surface area contributed by atoms with Crippen LogP contribution in [0.3, 0.4) is 0 Å². The number of nitrogens with zero attached hydrogens (tertiary/aromatic N) is 2. The Bertz CT molecular complexity index is 1280. The number of thiophene rings is 1. The van der Waals surface area contributed by atoms with Gasteiger partial charge in [-0.15, -0.1) is 11.3 Å². The Labute approximate surface area is 191 Å². The van der Waals surface area contributed by atoms with Crippen molar-refractivity contribution >= 4 is 39.0 Å². The first kappa shape index (κ1) is 21.0. The van der Waals surface area contributed by atoms with E-state index < -0.39 is 0 Å². The van der Waals surface area contributed by atoms with E-state index in [1.807, 2.05) is 29.6 Å². The largest absolute Gasteiger partial charge is 0.497 e. The van der Waals surface area contributed by atoms with E-state index in [0.29, 0.717) is 39.0 Å². The van der Waals surface area contributed by atoms with Gasteiger partial charge in [-0.25, -0.2) is 4.68 Å². The standard InChI is InChI=1S/C23H18BrN3O3S/c1-14-21(28)20(15-5-11-18(30-2)12-6-15)22(25-23(29)19-4-3-13-31-19)27(26-14)17-9-7-16(24)8-10-17/h3-13H,1-2H3,(H,25,29). The third-order valence-electron chi connectivity index (χ3n) is 4.68. The molecule has 156 valence electrons. The van der Waals surface area contributed by atoms with Crippen LogP contribution in [0.15, 0.2) is 75.3 Å². The number of ether oxygens (including phenoxy) is 1. The van der Waals surface area contributed by atoms with Crippen LogP contribution >= 0.6 is 27.3 Å². The topological polar surface area (TPSA) is 73.2 Å². The van der Waals surface area contributed by atoms with E-state index >= 15 is 0 Å². The fraction of sp³-hybridized carbons (Fsp3) is 0.0870. The van der Waals surface area contributed by atoms with Gasteiger partial charge in [-0.3, -0.25) is 9.59 Å². The fourth-order valence-corrected chi connectivity index (χ4v) is 4.01. The molecule has 0 aliphatic rings. The second-order valence-electron chi connectivity index (χ2n) is 6.69. The van der Waals surface area contributed by atoms with Crippen molar-refractivity contribution in [1.29, 1.82) is 0 Å².